The van der Waals surface area contributed by atoms with Crippen molar-refractivity contribution in [3.05, 3.63) is 0 Å². The molecule has 2 heterocycles. The van der Waals surface area contributed by atoms with E-state index < -0.39 is 6.09 Å². The van der Waals surface area contributed by atoms with Crippen LogP contribution in [0.2, 0.25) is 0 Å². The highest BCUT2D eigenvalue weighted by Gasteiger charge is 2.30. The highest BCUT2D eigenvalue weighted by molar-refractivity contribution is 5.72. The summed E-state index contributed by atoms with van der Waals surface area (Å²) in [5.41, 5.74) is 0. The van der Waals surface area contributed by atoms with Crippen LogP contribution in [0.15, 0.2) is 0 Å². The molecule has 0 aromatic carbocycles. The molecule has 1 atom stereocenters. The van der Waals surface area contributed by atoms with Crippen LogP contribution in [0.1, 0.15) is 32.1 Å². The van der Waals surface area contributed by atoms with Gasteiger partial charge < -0.3 is 19.6 Å². The van der Waals surface area contributed by atoms with Crippen molar-refractivity contribution in [3.63, 3.8) is 0 Å². The topological polar surface area (TPSA) is 70.1 Å². The zero-order valence-electron chi connectivity index (χ0n) is 12.1. The molecule has 0 unspecified atom stereocenters. The number of nitrogens with zero attached hydrogens (tertiary/aromatic N) is 2. The van der Waals surface area contributed by atoms with Crippen molar-refractivity contribution in [1.82, 2.24) is 9.80 Å². The van der Waals surface area contributed by atoms with E-state index >= 15 is 0 Å². The van der Waals surface area contributed by atoms with E-state index in [1.165, 1.54) is 12.0 Å². The Labute approximate surface area is 119 Å². The molecule has 0 radical (unpaired) electrons. The van der Waals surface area contributed by atoms with Crippen LogP contribution >= 0.6 is 0 Å². The van der Waals surface area contributed by atoms with Crippen LogP contribution in [0.3, 0.4) is 0 Å². The Balaban J connectivity index is 1.82. The summed E-state index contributed by atoms with van der Waals surface area (Å²) in [7, 11) is 1.44. The molecule has 0 spiro atoms. The van der Waals surface area contributed by atoms with Crippen LogP contribution in [-0.2, 0) is 9.53 Å². The van der Waals surface area contributed by atoms with Crippen LogP contribution in [0.5, 0.6) is 0 Å². The molecule has 2 rings (SSSR count). The van der Waals surface area contributed by atoms with Gasteiger partial charge in [-0.25, -0.2) is 4.79 Å². The van der Waals surface area contributed by atoms with Gasteiger partial charge in [-0.3, -0.25) is 4.79 Å². The zero-order chi connectivity index (χ0) is 14.5. The van der Waals surface area contributed by atoms with Gasteiger partial charge >= 0.3 is 12.1 Å². The Bertz CT molecular complexity index is 353. The number of methoxy groups -OCH3 is 1. The largest absolute Gasteiger partial charge is 0.469 e. The van der Waals surface area contributed by atoms with Gasteiger partial charge in [0.25, 0.3) is 0 Å². The summed E-state index contributed by atoms with van der Waals surface area (Å²) in [4.78, 5) is 26.4. The number of rotatable bonds is 2. The van der Waals surface area contributed by atoms with Crippen LogP contribution in [-0.4, -0.2) is 66.3 Å². The molecule has 0 aliphatic carbocycles. The standard InChI is InChI=1S/C14H24N2O4/c1-20-13(17)11-4-8-15(9-5-11)12-3-2-7-16(10-6-12)14(18)19/h11-12H,2-10H2,1H3,(H,18,19)/t12-/m0/s1. The summed E-state index contributed by atoms with van der Waals surface area (Å²) >= 11 is 0. The van der Waals surface area contributed by atoms with E-state index in [4.69, 9.17) is 9.84 Å². The lowest BCUT2D eigenvalue weighted by atomic mass is 9.94. The minimum absolute atomic E-state index is 0.0394. The normalized spacial score (nSPS) is 26.1. The first kappa shape index (κ1) is 15.1. The predicted molar refractivity (Wildman–Crippen MR) is 73.5 cm³/mol. The number of carbonyl (C=O) groups is 2. The molecular weight excluding hydrogens is 260 g/mol. The quantitative estimate of drug-likeness (QED) is 0.776. The molecule has 0 saturated carbocycles. The number of hydrogen-bond acceptors (Lipinski definition) is 4. The van der Waals surface area contributed by atoms with Gasteiger partial charge in [0.2, 0.25) is 0 Å². The van der Waals surface area contributed by atoms with Crippen molar-refractivity contribution in [2.45, 2.75) is 38.1 Å². The van der Waals surface area contributed by atoms with Gasteiger partial charge in [0, 0.05) is 19.1 Å². The number of esters is 1. The minimum atomic E-state index is -0.810. The summed E-state index contributed by atoms with van der Waals surface area (Å²) in [5.74, 6) is -0.0554. The summed E-state index contributed by atoms with van der Waals surface area (Å²) in [5, 5.41) is 9.04. The second-order valence-corrected chi connectivity index (χ2v) is 5.69. The van der Waals surface area contributed by atoms with Gasteiger partial charge in [0.15, 0.2) is 0 Å². The molecule has 0 bridgehead atoms. The number of carbonyl (C=O) groups excluding carboxylic acids is 1. The smallest absolute Gasteiger partial charge is 0.407 e. The number of piperidine rings is 1. The number of hydrogen-bond donors (Lipinski definition) is 1. The van der Waals surface area contributed by atoms with Crippen LogP contribution < -0.4 is 0 Å². The van der Waals surface area contributed by atoms with Crippen LogP contribution in [0.25, 0.3) is 0 Å². The molecule has 6 heteroatoms. The lowest BCUT2D eigenvalue weighted by Crippen LogP contribution is -2.43. The van der Waals surface area contributed by atoms with Gasteiger partial charge in [-0.05, 0) is 45.2 Å². The molecule has 0 aromatic rings. The summed E-state index contributed by atoms with van der Waals surface area (Å²) in [6, 6.07) is 0.456. The summed E-state index contributed by atoms with van der Waals surface area (Å²) < 4.78 is 4.80. The number of ether oxygens (including phenoxy) is 1. The minimum Gasteiger partial charge on any atom is -0.469 e. The second-order valence-electron chi connectivity index (χ2n) is 5.69. The number of carboxylic acid groups (broad SMARTS) is 1. The Kier molecular flexibility index (Phi) is 5.23. The first-order chi connectivity index (χ1) is 9.61. The van der Waals surface area contributed by atoms with Crippen molar-refractivity contribution in [3.8, 4) is 0 Å². The van der Waals surface area contributed by atoms with E-state index in [0.29, 0.717) is 19.1 Å². The lowest BCUT2D eigenvalue weighted by Gasteiger charge is -2.36. The van der Waals surface area contributed by atoms with Crippen molar-refractivity contribution in [2.24, 2.45) is 5.92 Å². The number of likely N-dealkylation sites (tertiary alicyclic amines) is 2. The number of amides is 1. The van der Waals surface area contributed by atoms with Crippen molar-refractivity contribution in [1.29, 1.82) is 0 Å². The van der Waals surface area contributed by atoms with E-state index in [1.54, 1.807) is 0 Å². The molecule has 2 fully saturated rings. The monoisotopic (exact) mass is 284 g/mol. The van der Waals surface area contributed by atoms with Gasteiger partial charge in [-0.1, -0.05) is 0 Å². The van der Waals surface area contributed by atoms with Gasteiger partial charge in [0.05, 0.1) is 13.0 Å². The van der Waals surface area contributed by atoms with Gasteiger partial charge in [-0.2, -0.15) is 0 Å². The fourth-order valence-electron chi connectivity index (χ4n) is 3.30. The highest BCUT2D eigenvalue weighted by atomic mass is 16.5. The average Bonchev–Trinajstić information content (AvgIpc) is 2.72. The average molecular weight is 284 g/mol. The molecule has 1 N–H and O–H groups in total. The Morgan fingerprint density at radius 1 is 1.05 bits per heavy atom. The maximum Gasteiger partial charge on any atom is 0.407 e. The van der Waals surface area contributed by atoms with Crippen molar-refractivity contribution >= 4 is 12.1 Å². The predicted octanol–water partition coefficient (Wildman–Crippen LogP) is 1.40. The highest BCUT2D eigenvalue weighted by Crippen LogP contribution is 2.24. The third kappa shape index (κ3) is 3.62. The second kappa shape index (κ2) is 6.92. The third-order valence-electron chi connectivity index (χ3n) is 4.55. The Hall–Kier alpha value is -1.30. The fraction of sp³-hybridized carbons (Fsp3) is 0.857. The molecule has 20 heavy (non-hydrogen) atoms. The fourth-order valence-corrected chi connectivity index (χ4v) is 3.30. The van der Waals surface area contributed by atoms with Gasteiger partial charge in [0.1, 0.15) is 0 Å². The Morgan fingerprint density at radius 3 is 2.35 bits per heavy atom. The molecule has 2 aliphatic heterocycles. The van der Waals surface area contributed by atoms with E-state index in [9.17, 15) is 9.59 Å². The Morgan fingerprint density at radius 2 is 1.75 bits per heavy atom. The molecule has 2 saturated heterocycles. The van der Waals surface area contributed by atoms with E-state index in [1.807, 2.05) is 0 Å². The van der Waals surface area contributed by atoms with E-state index in [0.717, 1.165) is 45.2 Å². The van der Waals surface area contributed by atoms with Crippen molar-refractivity contribution < 1.29 is 19.4 Å². The molecule has 1 amide bonds. The molecule has 6 nitrogen and oxygen atoms in total. The maximum absolute atomic E-state index is 11.5. The van der Waals surface area contributed by atoms with Crippen molar-refractivity contribution in [2.75, 3.05) is 33.3 Å². The first-order valence-corrected chi connectivity index (χ1v) is 7.41. The maximum atomic E-state index is 11.5. The molecule has 0 aromatic heterocycles. The third-order valence-corrected chi connectivity index (χ3v) is 4.55. The molecular formula is C14H24N2O4. The van der Waals surface area contributed by atoms with Crippen LogP contribution in [0, 0.1) is 5.92 Å². The summed E-state index contributed by atoms with van der Waals surface area (Å²) in [6.07, 6.45) is 3.77. The van der Waals surface area contributed by atoms with E-state index in [-0.39, 0.29) is 11.9 Å². The van der Waals surface area contributed by atoms with Gasteiger partial charge in [-0.15, -0.1) is 0 Å². The SMILES string of the molecule is COC(=O)C1CCN([C@H]2CCCN(C(=O)O)CC2)CC1. The van der Waals surface area contributed by atoms with E-state index in [2.05, 4.69) is 4.90 Å². The first-order valence-electron chi connectivity index (χ1n) is 7.41. The molecule has 114 valence electrons. The lowest BCUT2D eigenvalue weighted by molar-refractivity contribution is -0.147. The zero-order valence-corrected chi connectivity index (χ0v) is 12.1. The summed E-state index contributed by atoms with van der Waals surface area (Å²) in [6.45, 7) is 3.09. The van der Waals surface area contributed by atoms with Crippen LogP contribution in [0.4, 0.5) is 4.79 Å². The molecule has 2 aliphatic rings.